The molecule has 0 saturated carbocycles. The Bertz CT molecular complexity index is 412. The predicted molar refractivity (Wildman–Crippen MR) is 50.5 cm³/mol. The molecule has 0 radical (unpaired) electrons. The second-order valence-electron chi connectivity index (χ2n) is 3.31. The van der Waals surface area contributed by atoms with Crippen molar-refractivity contribution >= 4 is 10.4 Å². The summed E-state index contributed by atoms with van der Waals surface area (Å²) >= 11 is 0. The maximum Gasteiger partial charge on any atom is 0.243 e. The number of imidazole rings is 1. The van der Waals surface area contributed by atoms with E-state index in [4.69, 9.17) is 0 Å². The van der Waals surface area contributed by atoms with Crippen molar-refractivity contribution in [1.29, 1.82) is 0 Å². The Hall–Kier alpha value is -0.920. The maximum atomic E-state index is 10.4. The van der Waals surface area contributed by atoms with Gasteiger partial charge in [0.25, 0.3) is 0 Å². The van der Waals surface area contributed by atoms with Crippen LogP contribution >= 0.6 is 0 Å². The molecule has 86 valence electrons. The molecule has 0 saturated heterocycles. The van der Waals surface area contributed by atoms with E-state index in [1.165, 1.54) is 0 Å². The molecule has 0 fully saturated rings. The monoisotopic (exact) mass is 234 g/mol. The van der Waals surface area contributed by atoms with Gasteiger partial charge in [0.05, 0.1) is 7.05 Å². The Kier molecular flexibility index (Phi) is 3.83. The van der Waals surface area contributed by atoms with Gasteiger partial charge in [0, 0.05) is 0 Å². The zero-order valence-electron chi connectivity index (χ0n) is 8.66. The van der Waals surface area contributed by atoms with Crippen LogP contribution < -0.4 is 4.57 Å². The summed E-state index contributed by atoms with van der Waals surface area (Å²) in [5.41, 5.74) is 0. The van der Waals surface area contributed by atoms with Crippen LogP contribution in [0.4, 0.5) is 0 Å². The third kappa shape index (κ3) is 4.41. The first-order valence-corrected chi connectivity index (χ1v) is 5.89. The largest absolute Gasteiger partial charge is 0.726 e. The Morgan fingerprint density at radius 1 is 1.60 bits per heavy atom. The molecule has 1 aromatic heterocycles. The first kappa shape index (κ1) is 12.2. The van der Waals surface area contributed by atoms with Crippen LogP contribution in [0.5, 0.6) is 0 Å². The van der Waals surface area contributed by atoms with E-state index in [0.717, 1.165) is 0 Å². The molecular weight excluding hydrogens is 220 g/mol. The summed E-state index contributed by atoms with van der Waals surface area (Å²) in [5, 5.41) is 0. The molecule has 1 unspecified atom stereocenters. The topological polar surface area (TPSA) is 75.2 Å². The molecule has 1 atom stereocenters. The number of rotatable bonds is 5. The second kappa shape index (κ2) is 4.73. The molecule has 1 rings (SSSR count). The van der Waals surface area contributed by atoms with Crippen molar-refractivity contribution in [2.75, 3.05) is 0 Å². The molecule has 0 N–H and O–H groups in total. The van der Waals surface area contributed by atoms with Crippen LogP contribution in [0.15, 0.2) is 18.7 Å². The van der Waals surface area contributed by atoms with Crippen LogP contribution in [-0.4, -0.2) is 23.6 Å². The van der Waals surface area contributed by atoms with Crippen molar-refractivity contribution in [3.63, 3.8) is 0 Å². The van der Waals surface area contributed by atoms with Crippen molar-refractivity contribution in [3.8, 4) is 0 Å². The summed E-state index contributed by atoms with van der Waals surface area (Å²) in [6.07, 6.45) is 5.23. The normalized spacial score (nSPS) is 14.1. The zero-order chi connectivity index (χ0) is 11.5. The number of aromatic nitrogens is 2. The van der Waals surface area contributed by atoms with Crippen molar-refractivity contribution in [2.45, 2.75) is 26.0 Å². The minimum atomic E-state index is -4.62. The number of aryl methyl sites for hydroxylation is 1. The first-order valence-electron chi connectivity index (χ1n) is 4.56. The molecule has 0 bridgehead atoms. The van der Waals surface area contributed by atoms with E-state index in [0.29, 0.717) is 13.0 Å². The van der Waals surface area contributed by atoms with Crippen molar-refractivity contribution < 1.29 is 21.7 Å². The zero-order valence-corrected chi connectivity index (χ0v) is 9.48. The summed E-state index contributed by atoms with van der Waals surface area (Å²) in [5.74, 6) is 0. The summed E-state index contributed by atoms with van der Waals surface area (Å²) in [4.78, 5) is 0. The lowest BCUT2D eigenvalue weighted by Crippen LogP contribution is -2.26. The number of hydrogen-bond donors (Lipinski definition) is 0. The fourth-order valence-corrected chi connectivity index (χ4v) is 1.77. The Morgan fingerprint density at radius 3 is 2.67 bits per heavy atom. The highest BCUT2D eigenvalue weighted by molar-refractivity contribution is 7.80. The Morgan fingerprint density at radius 2 is 2.27 bits per heavy atom. The lowest BCUT2D eigenvalue weighted by molar-refractivity contribution is -0.671. The fraction of sp³-hybridized carbons (Fsp3) is 0.625. The second-order valence-corrected chi connectivity index (χ2v) is 4.32. The van der Waals surface area contributed by atoms with Crippen molar-refractivity contribution in [2.24, 2.45) is 7.05 Å². The molecular formula is C8H14N2O4S. The highest BCUT2D eigenvalue weighted by Crippen LogP contribution is 2.05. The van der Waals surface area contributed by atoms with E-state index in [1.807, 2.05) is 17.8 Å². The van der Waals surface area contributed by atoms with E-state index in [1.54, 1.807) is 24.0 Å². The van der Waals surface area contributed by atoms with E-state index in [-0.39, 0.29) is 0 Å². The van der Waals surface area contributed by atoms with E-state index >= 15 is 0 Å². The lowest BCUT2D eigenvalue weighted by Gasteiger charge is -2.15. The molecule has 0 spiro atoms. The van der Waals surface area contributed by atoms with Crippen molar-refractivity contribution in [1.82, 2.24) is 4.57 Å². The van der Waals surface area contributed by atoms with Crippen LogP contribution in [-0.2, 0) is 28.2 Å². The number of nitrogens with zero attached hydrogens (tertiary/aromatic N) is 2. The van der Waals surface area contributed by atoms with Gasteiger partial charge in [-0.05, 0) is 6.42 Å². The van der Waals surface area contributed by atoms with Gasteiger partial charge >= 0.3 is 0 Å². The van der Waals surface area contributed by atoms with Gasteiger partial charge in [0.15, 0.2) is 0 Å². The van der Waals surface area contributed by atoms with Crippen LogP contribution in [0.3, 0.4) is 0 Å². The van der Waals surface area contributed by atoms with Gasteiger partial charge in [-0.15, -0.1) is 0 Å². The van der Waals surface area contributed by atoms with Gasteiger partial charge in [0.1, 0.15) is 25.0 Å². The Balaban J connectivity index is 2.62. The van der Waals surface area contributed by atoms with Crippen LogP contribution in [0, 0.1) is 0 Å². The summed E-state index contributed by atoms with van der Waals surface area (Å²) < 4.78 is 39.2. The van der Waals surface area contributed by atoms with E-state index in [9.17, 15) is 13.0 Å². The van der Waals surface area contributed by atoms with Gasteiger partial charge < -0.3 is 4.55 Å². The molecule has 6 nitrogen and oxygen atoms in total. The lowest BCUT2D eigenvalue weighted by atomic mass is 10.3. The minimum absolute atomic E-state index is 0.346. The SMILES string of the molecule is CCC(Cn1cc[n+](C)c1)OS(=O)(=O)[O-]. The Labute approximate surface area is 89.1 Å². The predicted octanol–water partition coefficient (Wildman–Crippen LogP) is -0.432. The average Bonchev–Trinajstić information content (AvgIpc) is 2.47. The first-order chi connectivity index (χ1) is 6.90. The van der Waals surface area contributed by atoms with Crippen LogP contribution in [0.1, 0.15) is 13.3 Å². The molecule has 7 heteroatoms. The molecule has 0 aliphatic rings. The number of hydrogen-bond acceptors (Lipinski definition) is 4. The smallest absolute Gasteiger partial charge is 0.243 e. The molecule has 0 aromatic carbocycles. The summed E-state index contributed by atoms with van der Waals surface area (Å²) in [6, 6.07) is 0. The maximum absolute atomic E-state index is 10.4. The fourth-order valence-electron chi connectivity index (χ4n) is 1.24. The van der Waals surface area contributed by atoms with Crippen molar-refractivity contribution in [3.05, 3.63) is 18.7 Å². The van der Waals surface area contributed by atoms with Gasteiger partial charge in [0.2, 0.25) is 16.7 Å². The standard InChI is InChI=1S/C8H14N2O4S/c1-3-8(14-15(11,12)13)6-10-5-4-9(2)7-10/h4-5,7-8H,3,6H2,1-2H3. The highest BCUT2D eigenvalue weighted by atomic mass is 32.3. The molecule has 1 aromatic rings. The highest BCUT2D eigenvalue weighted by Gasteiger charge is 2.14. The van der Waals surface area contributed by atoms with Gasteiger partial charge in [-0.3, -0.25) is 4.18 Å². The van der Waals surface area contributed by atoms with Crippen LogP contribution in [0.25, 0.3) is 0 Å². The molecule has 0 amide bonds. The average molecular weight is 234 g/mol. The van der Waals surface area contributed by atoms with E-state index in [2.05, 4.69) is 4.18 Å². The van der Waals surface area contributed by atoms with Gasteiger partial charge in [-0.2, -0.15) is 0 Å². The van der Waals surface area contributed by atoms with Gasteiger partial charge in [-0.25, -0.2) is 17.6 Å². The molecule has 0 aliphatic heterocycles. The quantitative estimate of drug-likeness (QED) is 0.393. The van der Waals surface area contributed by atoms with E-state index < -0.39 is 16.5 Å². The minimum Gasteiger partial charge on any atom is -0.726 e. The third-order valence-corrected chi connectivity index (χ3v) is 2.46. The molecule has 15 heavy (non-hydrogen) atoms. The summed E-state index contributed by atoms with van der Waals surface area (Å²) in [6.45, 7) is 2.11. The summed E-state index contributed by atoms with van der Waals surface area (Å²) in [7, 11) is -2.77. The molecule has 1 heterocycles. The van der Waals surface area contributed by atoms with Crippen LogP contribution in [0.2, 0.25) is 0 Å². The third-order valence-electron chi connectivity index (χ3n) is 1.95. The molecule has 0 aliphatic carbocycles. The van der Waals surface area contributed by atoms with Gasteiger partial charge in [-0.1, -0.05) is 6.92 Å².